The Kier molecular flexibility index (Phi) is 6.30. The van der Waals surface area contributed by atoms with Crippen molar-refractivity contribution in [3.63, 3.8) is 0 Å². The Hall–Kier alpha value is -3.12. The molecule has 3 aliphatic heterocycles. The van der Waals surface area contributed by atoms with Gasteiger partial charge in [0.25, 0.3) is 0 Å². The quantitative estimate of drug-likeness (QED) is 0.346. The fraction of sp³-hybridized carbons (Fsp3) is 0.500. The van der Waals surface area contributed by atoms with E-state index in [0.29, 0.717) is 18.7 Å². The SMILES string of the molecule is CCN1CCN(NC(C(=O)N[C@@H]2C(=O)N3[C@@H]2SC(C)(C)[C@@H]3C(=O)O)c2ccccc2)C(=O)C1=O. The molecule has 1 aromatic carbocycles. The standard InChI is InChI=1S/C22H27N5O6S/c1-4-25-10-11-26(19(31)18(25)30)24-13(12-8-6-5-7-9-12)16(28)23-14-17(29)27-15(21(32)33)22(2,3)34-20(14)27/h5-9,13-15,20,24H,4,10-11H2,1-3H3,(H,23,28)(H,32,33)/t13?,14-,15+,20-/m1/s1. The number of nitrogens with one attached hydrogen (secondary N) is 2. The lowest BCUT2D eigenvalue weighted by Gasteiger charge is -2.44. The minimum absolute atomic E-state index is 0.206. The Balaban J connectivity index is 1.52. The molecule has 0 bridgehead atoms. The number of carbonyl (C=O) groups excluding carboxylic acids is 4. The maximum Gasteiger partial charge on any atom is 0.327 e. The molecule has 0 spiro atoms. The number of likely N-dealkylation sites (N-methyl/N-ethyl adjacent to an activating group) is 1. The Labute approximate surface area is 200 Å². The van der Waals surface area contributed by atoms with Crippen molar-refractivity contribution in [2.45, 2.75) is 49.0 Å². The smallest absolute Gasteiger partial charge is 0.327 e. The summed E-state index contributed by atoms with van der Waals surface area (Å²) in [6.07, 6.45) is 0. The van der Waals surface area contributed by atoms with E-state index in [1.165, 1.54) is 21.6 Å². The molecule has 0 aromatic heterocycles. The highest BCUT2D eigenvalue weighted by Gasteiger charge is 2.64. The van der Waals surface area contributed by atoms with E-state index in [9.17, 15) is 29.1 Å². The number of thioether (sulfide) groups is 1. The second-order valence-electron chi connectivity index (χ2n) is 8.90. The van der Waals surface area contributed by atoms with E-state index in [1.54, 1.807) is 51.1 Å². The van der Waals surface area contributed by atoms with Crippen molar-refractivity contribution >= 4 is 41.4 Å². The topological polar surface area (TPSA) is 139 Å². The summed E-state index contributed by atoms with van der Waals surface area (Å²) in [6.45, 7) is 6.25. The lowest BCUT2D eigenvalue weighted by molar-refractivity contribution is -0.162. The number of hydrogen-bond acceptors (Lipinski definition) is 7. The van der Waals surface area contributed by atoms with Gasteiger partial charge < -0.3 is 20.2 Å². The number of hydrazine groups is 1. The van der Waals surface area contributed by atoms with Crippen LogP contribution in [0, 0.1) is 0 Å². The van der Waals surface area contributed by atoms with Crippen LogP contribution in [0.5, 0.6) is 0 Å². The minimum Gasteiger partial charge on any atom is -0.480 e. The Morgan fingerprint density at radius 3 is 2.44 bits per heavy atom. The molecular formula is C22H27N5O6S. The molecule has 34 heavy (non-hydrogen) atoms. The van der Waals surface area contributed by atoms with Gasteiger partial charge in [-0.05, 0) is 26.3 Å². The number of benzene rings is 1. The molecule has 12 heteroatoms. The van der Waals surface area contributed by atoms with Crippen molar-refractivity contribution in [2.24, 2.45) is 0 Å². The summed E-state index contributed by atoms with van der Waals surface area (Å²) in [5.41, 5.74) is 3.41. The third-order valence-corrected chi connectivity index (χ3v) is 7.91. The molecule has 4 rings (SSSR count). The molecule has 1 unspecified atom stereocenters. The first-order valence-electron chi connectivity index (χ1n) is 11.0. The molecular weight excluding hydrogens is 462 g/mol. The van der Waals surface area contributed by atoms with Crippen LogP contribution in [0.1, 0.15) is 32.4 Å². The van der Waals surface area contributed by atoms with Gasteiger partial charge in [-0.2, -0.15) is 0 Å². The monoisotopic (exact) mass is 489 g/mol. The van der Waals surface area contributed by atoms with E-state index in [2.05, 4.69) is 10.7 Å². The third kappa shape index (κ3) is 4.00. The van der Waals surface area contributed by atoms with E-state index < -0.39 is 57.8 Å². The van der Waals surface area contributed by atoms with E-state index in [0.717, 1.165) is 5.01 Å². The number of nitrogens with zero attached hydrogens (tertiary/aromatic N) is 3. The predicted octanol–water partition coefficient (Wildman–Crippen LogP) is -0.445. The van der Waals surface area contributed by atoms with Crippen molar-refractivity contribution in [3.05, 3.63) is 35.9 Å². The lowest BCUT2D eigenvalue weighted by atomic mass is 9.95. The molecule has 3 N–H and O–H groups in total. The highest BCUT2D eigenvalue weighted by Crippen LogP contribution is 2.50. The Morgan fingerprint density at radius 2 is 1.82 bits per heavy atom. The summed E-state index contributed by atoms with van der Waals surface area (Å²) >= 11 is 1.33. The molecule has 4 atom stereocenters. The second-order valence-corrected chi connectivity index (χ2v) is 10.7. The number of carboxylic acid groups (broad SMARTS) is 1. The van der Waals surface area contributed by atoms with E-state index in [-0.39, 0.29) is 6.54 Å². The number of amides is 4. The molecule has 1 aromatic rings. The van der Waals surface area contributed by atoms with Gasteiger partial charge in [-0.3, -0.25) is 24.2 Å². The van der Waals surface area contributed by atoms with Crippen LogP contribution in [-0.4, -0.2) is 91.4 Å². The van der Waals surface area contributed by atoms with Crippen LogP contribution in [0.15, 0.2) is 30.3 Å². The number of rotatable bonds is 7. The van der Waals surface area contributed by atoms with E-state index >= 15 is 0 Å². The van der Waals surface area contributed by atoms with E-state index in [4.69, 9.17) is 0 Å². The number of carbonyl (C=O) groups is 5. The average Bonchev–Trinajstić information content (AvgIpc) is 3.06. The van der Waals surface area contributed by atoms with Crippen LogP contribution in [0.25, 0.3) is 0 Å². The molecule has 3 aliphatic rings. The fourth-order valence-corrected chi connectivity index (χ4v) is 6.19. The summed E-state index contributed by atoms with van der Waals surface area (Å²) in [5, 5.41) is 12.9. The number of hydrogen-bond donors (Lipinski definition) is 3. The molecule has 4 amide bonds. The highest BCUT2D eigenvalue weighted by molar-refractivity contribution is 8.01. The van der Waals surface area contributed by atoms with Crippen molar-refractivity contribution in [3.8, 4) is 0 Å². The van der Waals surface area contributed by atoms with Crippen molar-refractivity contribution < 1.29 is 29.1 Å². The lowest BCUT2D eigenvalue weighted by Crippen LogP contribution is -2.71. The van der Waals surface area contributed by atoms with Gasteiger partial charge in [0.1, 0.15) is 23.5 Å². The number of aliphatic carboxylic acids is 1. The zero-order valence-corrected chi connectivity index (χ0v) is 19.9. The molecule has 0 radical (unpaired) electrons. The first-order chi connectivity index (χ1) is 16.1. The molecule has 0 aliphatic carbocycles. The second kappa shape index (κ2) is 8.91. The maximum atomic E-state index is 13.3. The molecule has 11 nitrogen and oxygen atoms in total. The summed E-state index contributed by atoms with van der Waals surface area (Å²) in [7, 11) is 0. The van der Waals surface area contributed by atoms with Gasteiger partial charge >= 0.3 is 17.8 Å². The van der Waals surface area contributed by atoms with Crippen molar-refractivity contribution in [1.82, 2.24) is 25.6 Å². The van der Waals surface area contributed by atoms with Crippen LogP contribution in [-0.2, 0) is 24.0 Å². The van der Waals surface area contributed by atoms with Gasteiger partial charge in [0.15, 0.2) is 0 Å². The summed E-state index contributed by atoms with van der Waals surface area (Å²) in [6, 6.07) is 5.76. The van der Waals surface area contributed by atoms with Gasteiger partial charge in [-0.1, -0.05) is 30.3 Å². The molecule has 3 fully saturated rings. The van der Waals surface area contributed by atoms with Gasteiger partial charge in [-0.15, -0.1) is 11.8 Å². The molecule has 3 saturated heterocycles. The van der Waals surface area contributed by atoms with Gasteiger partial charge in [0.05, 0.1) is 6.54 Å². The fourth-order valence-electron chi connectivity index (χ4n) is 4.57. The molecule has 182 valence electrons. The predicted molar refractivity (Wildman–Crippen MR) is 122 cm³/mol. The Bertz CT molecular complexity index is 1030. The van der Waals surface area contributed by atoms with Gasteiger partial charge in [-0.25, -0.2) is 10.2 Å². The largest absolute Gasteiger partial charge is 0.480 e. The summed E-state index contributed by atoms with van der Waals surface area (Å²) in [5.74, 6) is -3.51. The summed E-state index contributed by atoms with van der Waals surface area (Å²) < 4.78 is -0.714. The first kappa shape index (κ1) is 24.0. The molecule has 3 heterocycles. The van der Waals surface area contributed by atoms with Crippen LogP contribution in [0.4, 0.5) is 0 Å². The zero-order valence-electron chi connectivity index (χ0n) is 19.1. The molecule has 0 saturated carbocycles. The Morgan fingerprint density at radius 1 is 1.15 bits per heavy atom. The van der Waals surface area contributed by atoms with Crippen molar-refractivity contribution in [1.29, 1.82) is 0 Å². The number of carboxylic acids is 1. The third-order valence-electron chi connectivity index (χ3n) is 6.34. The number of piperazine rings is 1. The maximum absolute atomic E-state index is 13.3. The number of fused-ring (bicyclic) bond motifs is 1. The summed E-state index contributed by atoms with van der Waals surface area (Å²) in [4.78, 5) is 65.4. The van der Waals surface area contributed by atoms with Crippen LogP contribution in [0.2, 0.25) is 0 Å². The van der Waals surface area contributed by atoms with Crippen molar-refractivity contribution in [2.75, 3.05) is 19.6 Å². The average molecular weight is 490 g/mol. The zero-order chi connectivity index (χ0) is 24.8. The van der Waals surface area contributed by atoms with Crippen LogP contribution < -0.4 is 10.7 Å². The number of β-lactam (4-membered cyclic amide) rings is 1. The van der Waals surface area contributed by atoms with E-state index in [1.807, 2.05) is 0 Å². The van der Waals surface area contributed by atoms with Gasteiger partial charge in [0, 0.05) is 17.8 Å². The first-order valence-corrected chi connectivity index (χ1v) is 11.9. The van der Waals surface area contributed by atoms with Crippen LogP contribution >= 0.6 is 11.8 Å². The normalized spacial score (nSPS) is 26.7. The van der Waals surface area contributed by atoms with Gasteiger partial charge in [0.2, 0.25) is 11.8 Å². The highest BCUT2D eigenvalue weighted by atomic mass is 32.2. The minimum atomic E-state index is -1.09. The van der Waals surface area contributed by atoms with Crippen LogP contribution in [0.3, 0.4) is 0 Å².